The number of nitrogens with zero attached hydrogens (tertiary/aromatic N) is 1. The van der Waals surface area contributed by atoms with E-state index < -0.39 is 22.7 Å². The van der Waals surface area contributed by atoms with Crippen molar-refractivity contribution in [3.05, 3.63) is 87.7 Å². The summed E-state index contributed by atoms with van der Waals surface area (Å²) in [5.41, 5.74) is 2.47. The molecule has 0 spiro atoms. The molecule has 0 fully saturated rings. The molecule has 2 unspecified atom stereocenters. The van der Waals surface area contributed by atoms with Gasteiger partial charge in [0.15, 0.2) is 0 Å². The first-order valence-corrected chi connectivity index (χ1v) is 11.1. The van der Waals surface area contributed by atoms with Crippen LogP contribution < -0.4 is 5.32 Å². The molecule has 0 radical (unpaired) electrons. The van der Waals surface area contributed by atoms with Crippen LogP contribution in [0.4, 0.5) is 0 Å². The largest absolute Gasteiger partial charge is 0.463 e. The van der Waals surface area contributed by atoms with Crippen LogP contribution in [0.5, 0.6) is 0 Å². The number of ether oxygens (including phenoxy) is 1. The molecule has 2 aromatic carbocycles. The van der Waals surface area contributed by atoms with Crippen molar-refractivity contribution in [2.24, 2.45) is 0 Å². The molecule has 0 bridgehead atoms. The third kappa shape index (κ3) is 4.64. The average molecular weight is 441 g/mol. The third-order valence-corrected chi connectivity index (χ3v) is 6.31. The van der Waals surface area contributed by atoms with Crippen LogP contribution in [0.15, 0.2) is 82.0 Å². The van der Waals surface area contributed by atoms with E-state index in [1.54, 1.807) is 44.2 Å². The van der Waals surface area contributed by atoms with Crippen molar-refractivity contribution in [1.29, 1.82) is 5.26 Å². The van der Waals surface area contributed by atoms with Crippen LogP contribution in [0.3, 0.4) is 0 Å². The van der Waals surface area contributed by atoms with Gasteiger partial charge < -0.3 is 10.1 Å². The van der Waals surface area contributed by atoms with Crippen LogP contribution in [0.1, 0.15) is 25.3 Å². The van der Waals surface area contributed by atoms with Crippen molar-refractivity contribution in [2.75, 3.05) is 12.4 Å². The highest BCUT2D eigenvalue weighted by Gasteiger charge is 2.36. The first-order chi connectivity index (χ1) is 14.5. The summed E-state index contributed by atoms with van der Waals surface area (Å²) in [5, 5.41) is 13.5. The second-order valence-electron chi connectivity index (χ2n) is 6.68. The van der Waals surface area contributed by atoms with Gasteiger partial charge in [0.25, 0.3) is 0 Å². The Morgan fingerprint density at radius 2 is 1.97 bits per heavy atom. The van der Waals surface area contributed by atoms with Gasteiger partial charge in [-0.25, -0.2) is 4.79 Å². The second-order valence-corrected chi connectivity index (χ2v) is 8.57. The summed E-state index contributed by atoms with van der Waals surface area (Å²) in [6, 6.07) is 18.3. The maximum Gasteiger partial charge on any atom is 0.336 e. The fraction of sp³-hybridized carbons (Fsp3) is 0.217. The smallest absolute Gasteiger partial charge is 0.336 e. The maximum absolute atomic E-state index is 13.0. The predicted molar refractivity (Wildman–Crippen MR) is 117 cm³/mol. The lowest BCUT2D eigenvalue weighted by Crippen LogP contribution is -2.32. The fourth-order valence-corrected chi connectivity index (χ4v) is 4.73. The van der Waals surface area contributed by atoms with Gasteiger partial charge in [-0.15, -0.1) is 0 Å². The maximum atomic E-state index is 13.0. The molecule has 5 nitrogen and oxygen atoms in total. The Bertz CT molecular complexity index is 1090. The van der Waals surface area contributed by atoms with E-state index in [2.05, 4.69) is 11.4 Å². The summed E-state index contributed by atoms with van der Waals surface area (Å²) >= 11 is 6.19. The number of dihydropyridines is 1. The van der Waals surface area contributed by atoms with E-state index in [0.29, 0.717) is 32.4 Å². The summed E-state index contributed by atoms with van der Waals surface area (Å²) in [4.78, 5) is 13.6. The van der Waals surface area contributed by atoms with E-state index in [0.717, 1.165) is 0 Å². The number of benzene rings is 2. The molecule has 0 aliphatic carbocycles. The molecule has 1 N–H and O–H groups in total. The van der Waals surface area contributed by atoms with Crippen LogP contribution in [0.25, 0.3) is 0 Å². The van der Waals surface area contributed by atoms with Gasteiger partial charge in [-0.3, -0.25) is 4.21 Å². The van der Waals surface area contributed by atoms with E-state index in [4.69, 9.17) is 16.3 Å². The number of nitrogens with one attached hydrogen (secondary N) is 1. The lowest BCUT2D eigenvalue weighted by atomic mass is 9.81. The van der Waals surface area contributed by atoms with Crippen molar-refractivity contribution in [1.82, 2.24) is 5.32 Å². The molecule has 2 atom stereocenters. The van der Waals surface area contributed by atoms with Crippen molar-refractivity contribution >= 4 is 28.4 Å². The molecule has 0 saturated heterocycles. The minimum absolute atomic E-state index is 0.0886. The predicted octanol–water partition coefficient (Wildman–Crippen LogP) is 4.45. The van der Waals surface area contributed by atoms with Crippen molar-refractivity contribution < 1.29 is 13.7 Å². The fourth-order valence-electron chi connectivity index (χ4n) is 3.41. The molecular formula is C23H21ClN2O3S. The Hall–Kier alpha value is -2.88. The van der Waals surface area contributed by atoms with Gasteiger partial charge in [-0.05, 0) is 43.7 Å². The molecule has 7 heteroatoms. The zero-order valence-electron chi connectivity index (χ0n) is 16.6. The molecule has 0 amide bonds. The van der Waals surface area contributed by atoms with E-state index in [1.165, 1.54) is 0 Å². The Morgan fingerprint density at radius 1 is 1.23 bits per heavy atom. The second kappa shape index (κ2) is 9.75. The van der Waals surface area contributed by atoms with E-state index >= 15 is 0 Å². The topological polar surface area (TPSA) is 79.2 Å². The van der Waals surface area contributed by atoms with Gasteiger partial charge in [-0.2, -0.15) is 5.26 Å². The number of carbonyl (C=O) groups excluding carboxylic acids is 1. The van der Waals surface area contributed by atoms with Gasteiger partial charge in [0.2, 0.25) is 0 Å². The van der Waals surface area contributed by atoms with E-state index in [-0.39, 0.29) is 17.9 Å². The average Bonchev–Trinajstić information content (AvgIpc) is 2.74. The molecular weight excluding hydrogens is 420 g/mol. The van der Waals surface area contributed by atoms with Gasteiger partial charge >= 0.3 is 5.97 Å². The van der Waals surface area contributed by atoms with Crippen LogP contribution in [-0.2, 0) is 20.3 Å². The highest BCUT2D eigenvalue weighted by atomic mass is 35.5. The molecule has 3 rings (SSSR count). The number of allylic oxidation sites excluding steroid dienone is 2. The van der Waals surface area contributed by atoms with Gasteiger partial charge in [0.05, 0.1) is 46.3 Å². The van der Waals surface area contributed by atoms with E-state index in [9.17, 15) is 14.3 Å². The summed E-state index contributed by atoms with van der Waals surface area (Å²) in [7, 11) is -1.39. The van der Waals surface area contributed by atoms with Gasteiger partial charge in [0, 0.05) is 21.3 Å². The molecule has 1 aliphatic heterocycles. The minimum atomic E-state index is -1.39. The molecule has 0 saturated carbocycles. The Balaban J connectivity index is 2.14. The van der Waals surface area contributed by atoms with Crippen LogP contribution in [-0.4, -0.2) is 22.5 Å². The van der Waals surface area contributed by atoms with Crippen molar-refractivity contribution in [3.8, 4) is 6.07 Å². The standard InChI is InChI=1S/C23H21ClN2O3S/c1-3-29-23(27)22-20(14-30(28)18-10-5-4-6-11-18)26-15(2)19(13-25)21(22)16-8-7-9-17(24)12-16/h4-12,21,26H,3,14H2,1-2H3. The lowest BCUT2D eigenvalue weighted by Gasteiger charge is -2.29. The van der Waals surface area contributed by atoms with Crippen molar-refractivity contribution in [3.63, 3.8) is 0 Å². The summed E-state index contributed by atoms with van der Waals surface area (Å²) in [5.74, 6) is -1.11. The number of hydrogen-bond donors (Lipinski definition) is 1. The number of halogens is 1. The van der Waals surface area contributed by atoms with Crippen LogP contribution in [0.2, 0.25) is 5.02 Å². The van der Waals surface area contributed by atoms with Crippen LogP contribution in [0, 0.1) is 11.3 Å². The highest BCUT2D eigenvalue weighted by molar-refractivity contribution is 7.85. The number of esters is 1. The van der Waals surface area contributed by atoms with Crippen LogP contribution >= 0.6 is 11.6 Å². The van der Waals surface area contributed by atoms with Gasteiger partial charge in [0.1, 0.15) is 0 Å². The SMILES string of the molecule is CCOC(=O)C1=C(CS(=O)c2ccccc2)NC(C)=C(C#N)C1c1cccc(Cl)c1. The number of hydrogen-bond acceptors (Lipinski definition) is 5. The minimum Gasteiger partial charge on any atom is -0.463 e. The summed E-state index contributed by atoms with van der Waals surface area (Å²) < 4.78 is 18.3. The zero-order chi connectivity index (χ0) is 21.7. The zero-order valence-corrected chi connectivity index (χ0v) is 18.2. The molecule has 154 valence electrons. The third-order valence-electron chi connectivity index (χ3n) is 4.72. The molecule has 2 aromatic rings. The number of rotatable bonds is 6. The molecule has 1 heterocycles. The summed E-state index contributed by atoms with van der Waals surface area (Å²) in [6.07, 6.45) is 0. The monoisotopic (exact) mass is 440 g/mol. The normalized spacial score (nSPS) is 17.2. The first-order valence-electron chi connectivity index (χ1n) is 9.43. The Labute approximate surface area is 183 Å². The quantitative estimate of drug-likeness (QED) is 0.671. The number of carbonyl (C=O) groups is 1. The van der Waals surface area contributed by atoms with E-state index in [1.807, 2.05) is 24.3 Å². The first kappa shape index (κ1) is 21.8. The van der Waals surface area contributed by atoms with Crippen molar-refractivity contribution in [2.45, 2.75) is 24.7 Å². The molecule has 1 aliphatic rings. The molecule has 0 aromatic heterocycles. The Morgan fingerprint density at radius 3 is 2.60 bits per heavy atom. The van der Waals surface area contributed by atoms with Gasteiger partial charge in [-0.1, -0.05) is 41.9 Å². The molecule has 30 heavy (non-hydrogen) atoms. The highest BCUT2D eigenvalue weighted by Crippen LogP contribution is 2.39. The lowest BCUT2D eigenvalue weighted by molar-refractivity contribution is -0.138. The Kier molecular flexibility index (Phi) is 7.09. The summed E-state index contributed by atoms with van der Waals surface area (Å²) in [6.45, 7) is 3.67. The number of nitriles is 1.